The quantitative estimate of drug-likeness (QED) is 0.405. The van der Waals surface area contributed by atoms with E-state index < -0.39 is 0 Å². The molecule has 0 bridgehead atoms. The van der Waals surface area contributed by atoms with Gasteiger partial charge in [-0.15, -0.1) is 0 Å². The van der Waals surface area contributed by atoms with Crippen LogP contribution in [0.25, 0.3) is 0 Å². The molecule has 0 unspecified atom stereocenters. The average molecular weight is 405 g/mol. The van der Waals surface area contributed by atoms with Crippen molar-refractivity contribution in [3.8, 4) is 0 Å². The molecule has 0 saturated heterocycles. The highest BCUT2D eigenvalue weighted by Crippen LogP contribution is 1.89. The predicted octanol–water partition coefficient (Wildman–Crippen LogP) is 8.74. The number of hydrogen-bond acceptors (Lipinski definition) is 0. The van der Waals surface area contributed by atoms with E-state index in [9.17, 15) is 0 Å². The van der Waals surface area contributed by atoms with E-state index in [4.69, 9.17) is 0 Å². The zero-order valence-corrected chi connectivity index (χ0v) is 18.2. The summed E-state index contributed by atoms with van der Waals surface area (Å²) in [5, 5.41) is 0. The van der Waals surface area contributed by atoms with Gasteiger partial charge in [-0.05, 0) is 6.92 Å². The molecule has 0 aliphatic carbocycles. The minimum Gasteiger partial charge on any atom is -0.0623 e. The Morgan fingerprint density at radius 1 is 0.226 bits per heavy atom. The van der Waals surface area contributed by atoms with Crippen molar-refractivity contribution in [3.63, 3.8) is 0 Å². The van der Waals surface area contributed by atoms with Crippen LogP contribution in [0, 0.1) is 6.92 Å². The molecule has 156 valence electrons. The highest BCUT2D eigenvalue weighted by Gasteiger charge is 1.69. The highest BCUT2D eigenvalue weighted by atomic mass is 13.8. The van der Waals surface area contributed by atoms with Gasteiger partial charge in [0.2, 0.25) is 0 Å². The molecule has 0 nitrogen and oxygen atoms in total. The molecule has 0 heterocycles. The first-order valence-corrected chi connectivity index (χ1v) is 10.4. The smallest absolute Gasteiger partial charge is 0.0398 e. The third-order valence-electron chi connectivity index (χ3n) is 3.61. The van der Waals surface area contributed by atoms with E-state index in [0.29, 0.717) is 0 Å². The zero-order chi connectivity index (χ0) is 22.1. The third kappa shape index (κ3) is 19.2. The summed E-state index contributed by atoms with van der Waals surface area (Å²) >= 11 is 0. The Morgan fingerprint density at radius 2 is 0.355 bits per heavy atom. The molecule has 0 aliphatic heterocycles. The van der Waals surface area contributed by atoms with E-state index in [-0.39, 0.29) is 0 Å². The lowest BCUT2D eigenvalue weighted by molar-refractivity contribution is 1.50. The van der Waals surface area contributed by atoms with Crippen molar-refractivity contribution in [1.29, 1.82) is 0 Å². The summed E-state index contributed by atoms with van der Waals surface area (Å²) in [7, 11) is 0. The molecule has 1 rings (SSSR count). The van der Waals surface area contributed by atoms with Crippen molar-refractivity contribution in [2.45, 2.75) is 6.92 Å². The van der Waals surface area contributed by atoms with Gasteiger partial charge in [-0.1, -0.05) is 181 Å². The Balaban J connectivity index is 3.08. The Hall–Kier alpha value is -3.90. The molecular formula is C31H32. The maximum Gasteiger partial charge on any atom is -0.0398 e. The minimum atomic E-state index is 1.20. The van der Waals surface area contributed by atoms with Crippen molar-refractivity contribution >= 4 is 0 Å². The SMILES string of the molecule is Cc1ccccccccccccccccccccccccccccc1. The maximum atomic E-state index is 2.08. The summed E-state index contributed by atoms with van der Waals surface area (Å²) < 4.78 is 0. The van der Waals surface area contributed by atoms with Crippen LogP contribution in [0.1, 0.15) is 5.56 Å². The fourth-order valence-electron chi connectivity index (χ4n) is 2.07. The summed E-state index contributed by atoms with van der Waals surface area (Å²) in [6, 6.07) is 58.4. The molecular weight excluding hydrogens is 372 g/mol. The van der Waals surface area contributed by atoms with E-state index >= 15 is 0 Å². The number of rotatable bonds is 0. The van der Waals surface area contributed by atoms with Crippen LogP contribution in [0.4, 0.5) is 0 Å². The Morgan fingerprint density at radius 3 is 0.516 bits per heavy atom. The first kappa shape index (κ1) is 25.1. The van der Waals surface area contributed by atoms with Crippen molar-refractivity contribution < 1.29 is 0 Å². The van der Waals surface area contributed by atoms with Gasteiger partial charge in [0.15, 0.2) is 0 Å². The van der Waals surface area contributed by atoms with Crippen LogP contribution in [0.15, 0.2) is 176 Å². The fourth-order valence-corrected chi connectivity index (χ4v) is 2.07. The largest absolute Gasteiger partial charge is 0.0623 e. The van der Waals surface area contributed by atoms with Gasteiger partial charge in [0, 0.05) is 0 Å². The monoisotopic (exact) mass is 404 g/mol. The van der Waals surface area contributed by atoms with E-state index in [1.54, 1.807) is 0 Å². The van der Waals surface area contributed by atoms with E-state index in [1.165, 1.54) is 5.56 Å². The summed E-state index contributed by atoms with van der Waals surface area (Å²) in [5.41, 5.74) is 1.20. The van der Waals surface area contributed by atoms with Gasteiger partial charge in [-0.3, -0.25) is 0 Å². The molecule has 0 spiro atoms. The van der Waals surface area contributed by atoms with Gasteiger partial charge in [0.25, 0.3) is 0 Å². The molecule has 0 atom stereocenters. The molecule has 31 heavy (non-hydrogen) atoms. The molecule has 0 radical (unpaired) electrons. The first-order valence-electron chi connectivity index (χ1n) is 10.4. The van der Waals surface area contributed by atoms with Crippen LogP contribution in [-0.2, 0) is 0 Å². The Kier molecular flexibility index (Phi) is 16.9. The van der Waals surface area contributed by atoms with Crippen molar-refractivity contribution in [1.82, 2.24) is 0 Å². The molecule has 0 aromatic heterocycles. The topological polar surface area (TPSA) is 0 Å². The molecule has 0 saturated carbocycles. The first-order chi connectivity index (χ1) is 15.4. The highest BCUT2D eigenvalue weighted by molar-refractivity contribution is 5.08. The Labute approximate surface area is 188 Å². The van der Waals surface area contributed by atoms with E-state index in [2.05, 4.69) is 19.1 Å². The summed E-state index contributed by atoms with van der Waals surface area (Å²) in [5.74, 6) is 0. The van der Waals surface area contributed by atoms with Gasteiger partial charge in [-0.25, -0.2) is 0 Å². The van der Waals surface area contributed by atoms with Crippen LogP contribution >= 0.6 is 0 Å². The molecule has 0 amide bonds. The lowest BCUT2D eigenvalue weighted by Gasteiger charge is -1.79. The van der Waals surface area contributed by atoms with Crippen LogP contribution in [-0.4, -0.2) is 0 Å². The third-order valence-corrected chi connectivity index (χ3v) is 3.61. The second-order valence-corrected chi connectivity index (χ2v) is 6.27. The van der Waals surface area contributed by atoms with Crippen LogP contribution in [0.5, 0.6) is 0 Å². The van der Waals surface area contributed by atoms with Gasteiger partial charge < -0.3 is 0 Å². The van der Waals surface area contributed by atoms with E-state index in [1.807, 2.05) is 164 Å². The van der Waals surface area contributed by atoms with Gasteiger partial charge in [0.05, 0.1) is 0 Å². The predicted molar refractivity (Wildman–Crippen MR) is 137 cm³/mol. The van der Waals surface area contributed by atoms with Crippen LogP contribution < -0.4 is 0 Å². The summed E-state index contributed by atoms with van der Waals surface area (Å²) in [6.45, 7) is 2.08. The standard InChI is InChI=1S/C31H32/c1-31-29-27-25-23-21-19-17-15-13-11-9-7-5-3-2-4-6-8-10-12-14-16-18-20-22-24-26-28-30-31/h2-30H,1H3. The molecule has 0 fully saturated rings. The average Bonchev–Trinajstić information content (AvgIpc) is 2.77. The number of aryl methyl sites for hydroxylation is 1. The lowest BCUT2D eigenvalue weighted by atomic mass is 10.3. The molecule has 1 aromatic carbocycles. The summed E-state index contributed by atoms with van der Waals surface area (Å²) in [4.78, 5) is 0. The fraction of sp³-hybridized carbons (Fsp3) is 0.0323. The zero-order valence-electron chi connectivity index (χ0n) is 18.2. The van der Waals surface area contributed by atoms with Gasteiger partial charge >= 0.3 is 0 Å². The van der Waals surface area contributed by atoms with E-state index in [0.717, 1.165) is 0 Å². The minimum absolute atomic E-state index is 1.20. The van der Waals surface area contributed by atoms with Gasteiger partial charge in [-0.2, -0.15) is 0 Å². The molecule has 0 N–H and O–H groups in total. The van der Waals surface area contributed by atoms with Crippen molar-refractivity contribution in [2.24, 2.45) is 0 Å². The van der Waals surface area contributed by atoms with Crippen molar-refractivity contribution in [3.05, 3.63) is 181 Å². The Bertz CT molecular complexity index is 897. The second-order valence-electron chi connectivity index (χ2n) is 6.27. The van der Waals surface area contributed by atoms with Crippen LogP contribution in [0.3, 0.4) is 0 Å². The molecule has 0 aliphatic rings. The molecule has 0 heteroatoms. The second kappa shape index (κ2) is 20.8. The lowest BCUT2D eigenvalue weighted by Crippen LogP contribution is -1.59. The normalized spacial score (nSPS) is 8.16. The van der Waals surface area contributed by atoms with Crippen molar-refractivity contribution in [2.75, 3.05) is 0 Å². The number of hydrogen-bond donors (Lipinski definition) is 0. The van der Waals surface area contributed by atoms with Crippen LogP contribution in [0.2, 0.25) is 0 Å². The van der Waals surface area contributed by atoms with Gasteiger partial charge in [0.1, 0.15) is 0 Å². The summed E-state index contributed by atoms with van der Waals surface area (Å²) in [6.07, 6.45) is 0. The maximum absolute atomic E-state index is 2.08. The molecule has 1 aromatic rings.